The van der Waals surface area contributed by atoms with Crippen LogP contribution in [0.2, 0.25) is 0 Å². The summed E-state index contributed by atoms with van der Waals surface area (Å²) in [5.74, 6) is -0.579. The molecule has 0 radical (unpaired) electrons. The Hall–Kier alpha value is -1.73. The highest BCUT2D eigenvalue weighted by Gasteiger charge is 2.16. The van der Waals surface area contributed by atoms with E-state index >= 15 is 0 Å². The van der Waals surface area contributed by atoms with E-state index in [4.69, 9.17) is 4.42 Å². The normalized spacial score (nSPS) is 12.0. The Balaban J connectivity index is 2.14. The van der Waals surface area contributed by atoms with Crippen LogP contribution in [-0.4, -0.2) is 19.7 Å². The number of hydrogen-bond donors (Lipinski definition) is 0. The third-order valence-corrected chi connectivity index (χ3v) is 4.55. The van der Waals surface area contributed by atoms with Crippen LogP contribution in [0.3, 0.4) is 0 Å². The number of hydrogen-bond acceptors (Lipinski definition) is 4. The molecule has 0 atom stereocenters. The van der Waals surface area contributed by atoms with Crippen LogP contribution in [0.1, 0.15) is 0 Å². The number of fused-ring (bicyclic) bond motifs is 1. The third kappa shape index (κ3) is 2.71. The summed E-state index contributed by atoms with van der Waals surface area (Å²) in [5, 5.41) is 0. The van der Waals surface area contributed by atoms with Gasteiger partial charge in [-0.05, 0) is 36.4 Å². The van der Waals surface area contributed by atoms with Crippen LogP contribution in [-0.2, 0) is 9.84 Å². The van der Waals surface area contributed by atoms with Crippen molar-refractivity contribution >= 4 is 36.9 Å². The molecule has 0 saturated heterocycles. The predicted molar refractivity (Wildman–Crippen MR) is 80.2 cm³/mol. The summed E-state index contributed by atoms with van der Waals surface area (Å²) in [6.07, 6.45) is 1.03. The molecule has 2 aromatic carbocycles. The number of halogens is 2. The first kappa shape index (κ1) is 14.2. The van der Waals surface area contributed by atoms with E-state index in [0.717, 1.165) is 16.8 Å². The molecule has 0 amide bonds. The van der Waals surface area contributed by atoms with Gasteiger partial charge in [-0.3, -0.25) is 0 Å². The summed E-state index contributed by atoms with van der Waals surface area (Å²) >= 11 is 3.32. The SMILES string of the molecule is CS(=O)(=O)c1ccc(-c2nc3ccc(Br)cc3o2)c(F)c1. The standard InChI is InChI=1S/C14H9BrFNO3S/c1-21(18,19)9-3-4-10(11(16)7-9)14-17-12-5-2-8(15)6-13(12)20-14/h2-7H,1H3. The highest BCUT2D eigenvalue weighted by atomic mass is 79.9. The Morgan fingerprint density at radius 3 is 2.62 bits per heavy atom. The van der Waals surface area contributed by atoms with Crippen LogP contribution < -0.4 is 0 Å². The van der Waals surface area contributed by atoms with Crippen molar-refractivity contribution in [2.45, 2.75) is 4.90 Å². The molecule has 0 aliphatic heterocycles. The summed E-state index contributed by atoms with van der Waals surface area (Å²) in [6.45, 7) is 0. The Labute approximate surface area is 128 Å². The van der Waals surface area contributed by atoms with E-state index in [1.165, 1.54) is 12.1 Å². The minimum Gasteiger partial charge on any atom is -0.436 e. The summed E-state index contributed by atoms with van der Waals surface area (Å²) in [6, 6.07) is 8.93. The average Bonchev–Trinajstić information content (AvgIpc) is 2.80. The smallest absolute Gasteiger partial charge is 0.230 e. The molecular weight excluding hydrogens is 361 g/mol. The molecule has 0 aliphatic carbocycles. The molecule has 0 aliphatic rings. The molecule has 3 aromatic rings. The number of rotatable bonds is 2. The van der Waals surface area contributed by atoms with Crippen LogP contribution in [0.25, 0.3) is 22.6 Å². The largest absolute Gasteiger partial charge is 0.436 e. The van der Waals surface area contributed by atoms with Gasteiger partial charge in [-0.15, -0.1) is 0 Å². The predicted octanol–water partition coefficient (Wildman–Crippen LogP) is 3.80. The summed E-state index contributed by atoms with van der Waals surface area (Å²) in [4.78, 5) is 4.12. The fourth-order valence-corrected chi connectivity index (χ4v) is 2.89. The van der Waals surface area contributed by atoms with Crippen LogP contribution >= 0.6 is 15.9 Å². The Morgan fingerprint density at radius 2 is 1.95 bits per heavy atom. The first-order chi connectivity index (χ1) is 9.84. The van der Waals surface area contributed by atoms with Crippen molar-refractivity contribution in [2.24, 2.45) is 0 Å². The fourth-order valence-electron chi connectivity index (χ4n) is 1.91. The molecule has 0 N–H and O–H groups in total. The van der Waals surface area contributed by atoms with Gasteiger partial charge in [0, 0.05) is 10.7 Å². The van der Waals surface area contributed by atoms with E-state index < -0.39 is 15.7 Å². The maximum absolute atomic E-state index is 14.1. The van der Waals surface area contributed by atoms with Gasteiger partial charge in [0.15, 0.2) is 15.4 Å². The molecule has 108 valence electrons. The van der Waals surface area contributed by atoms with Gasteiger partial charge < -0.3 is 4.42 Å². The number of oxazole rings is 1. The molecule has 0 unspecified atom stereocenters. The second-order valence-corrected chi connectivity index (χ2v) is 7.48. The lowest BCUT2D eigenvalue weighted by Crippen LogP contribution is -1.98. The topological polar surface area (TPSA) is 60.2 Å². The van der Waals surface area contributed by atoms with Crippen LogP contribution in [0.4, 0.5) is 4.39 Å². The molecule has 4 nitrogen and oxygen atoms in total. The van der Waals surface area contributed by atoms with Crippen LogP contribution in [0.5, 0.6) is 0 Å². The summed E-state index contributed by atoms with van der Waals surface area (Å²) in [7, 11) is -3.45. The van der Waals surface area contributed by atoms with Gasteiger partial charge in [-0.2, -0.15) is 0 Å². The molecule has 7 heteroatoms. The van der Waals surface area contributed by atoms with Gasteiger partial charge in [-0.25, -0.2) is 17.8 Å². The van der Waals surface area contributed by atoms with Gasteiger partial charge in [0.2, 0.25) is 5.89 Å². The number of aromatic nitrogens is 1. The Kier molecular flexibility index (Phi) is 3.33. The maximum atomic E-state index is 14.1. The van der Waals surface area contributed by atoms with Crippen molar-refractivity contribution in [1.82, 2.24) is 4.98 Å². The van der Waals surface area contributed by atoms with E-state index in [1.807, 2.05) is 0 Å². The minimum absolute atomic E-state index is 0.0809. The van der Waals surface area contributed by atoms with E-state index in [-0.39, 0.29) is 16.3 Å². The lowest BCUT2D eigenvalue weighted by atomic mass is 10.2. The lowest BCUT2D eigenvalue weighted by Gasteiger charge is -2.01. The van der Waals surface area contributed by atoms with Crippen molar-refractivity contribution in [2.75, 3.05) is 6.26 Å². The van der Waals surface area contributed by atoms with Gasteiger partial charge >= 0.3 is 0 Å². The zero-order valence-corrected chi connectivity index (χ0v) is 13.2. The number of sulfone groups is 1. The molecule has 21 heavy (non-hydrogen) atoms. The summed E-state index contributed by atoms with van der Waals surface area (Å²) in [5.41, 5.74) is 1.24. The van der Waals surface area contributed by atoms with Crippen molar-refractivity contribution in [3.8, 4) is 11.5 Å². The fraction of sp³-hybridized carbons (Fsp3) is 0.0714. The van der Waals surface area contributed by atoms with E-state index in [1.54, 1.807) is 18.2 Å². The minimum atomic E-state index is -3.45. The quantitative estimate of drug-likeness (QED) is 0.689. The van der Waals surface area contributed by atoms with Crippen LogP contribution in [0.15, 0.2) is 50.2 Å². The Bertz CT molecular complexity index is 950. The highest BCUT2D eigenvalue weighted by molar-refractivity contribution is 9.10. The summed E-state index contributed by atoms with van der Waals surface area (Å²) < 4.78 is 43.2. The number of nitrogens with zero attached hydrogens (tertiary/aromatic N) is 1. The molecule has 0 fully saturated rings. The van der Waals surface area contributed by atoms with Crippen molar-refractivity contribution < 1.29 is 17.2 Å². The Morgan fingerprint density at radius 1 is 1.19 bits per heavy atom. The van der Waals surface area contributed by atoms with Gasteiger partial charge in [0.05, 0.1) is 10.5 Å². The van der Waals surface area contributed by atoms with Crippen molar-refractivity contribution in [3.63, 3.8) is 0 Å². The first-order valence-corrected chi connectivity index (χ1v) is 8.59. The zero-order valence-electron chi connectivity index (χ0n) is 10.8. The molecule has 0 spiro atoms. The molecule has 0 saturated carbocycles. The molecule has 0 bridgehead atoms. The second kappa shape index (κ2) is 4.92. The number of benzene rings is 2. The lowest BCUT2D eigenvalue weighted by molar-refractivity contribution is 0.585. The maximum Gasteiger partial charge on any atom is 0.230 e. The average molecular weight is 370 g/mol. The van der Waals surface area contributed by atoms with Crippen LogP contribution in [0, 0.1) is 5.82 Å². The van der Waals surface area contributed by atoms with Gasteiger partial charge in [0.25, 0.3) is 0 Å². The van der Waals surface area contributed by atoms with E-state index in [2.05, 4.69) is 20.9 Å². The van der Waals surface area contributed by atoms with E-state index in [9.17, 15) is 12.8 Å². The van der Waals surface area contributed by atoms with Crippen molar-refractivity contribution in [1.29, 1.82) is 0 Å². The third-order valence-electron chi connectivity index (χ3n) is 2.95. The molecule has 1 aromatic heterocycles. The molecular formula is C14H9BrFNO3S. The first-order valence-electron chi connectivity index (χ1n) is 5.91. The van der Waals surface area contributed by atoms with Gasteiger partial charge in [-0.1, -0.05) is 15.9 Å². The molecule has 1 heterocycles. The molecule has 3 rings (SSSR count). The zero-order chi connectivity index (χ0) is 15.2. The van der Waals surface area contributed by atoms with Gasteiger partial charge in [0.1, 0.15) is 11.3 Å². The monoisotopic (exact) mass is 369 g/mol. The highest BCUT2D eigenvalue weighted by Crippen LogP contribution is 2.29. The van der Waals surface area contributed by atoms with Crippen molar-refractivity contribution in [3.05, 3.63) is 46.7 Å². The second-order valence-electron chi connectivity index (χ2n) is 4.54. The van der Waals surface area contributed by atoms with E-state index in [0.29, 0.717) is 11.1 Å².